The lowest BCUT2D eigenvalue weighted by Crippen LogP contribution is -2.38. The second kappa shape index (κ2) is 10.0. The number of methoxy groups -OCH3 is 1. The van der Waals surface area contributed by atoms with Crippen LogP contribution in [0.3, 0.4) is 0 Å². The summed E-state index contributed by atoms with van der Waals surface area (Å²) in [5.41, 5.74) is 1.44. The van der Waals surface area contributed by atoms with Gasteiger partial charge in [0.15, 0.2) is 0 Å². The summed E-state index contributed by atoms with van der Waals surface area (Å²) in [5, 5.41) is 5.72. The van der Waals surface area contributed by atoms with Crippen LogP contribution in [0.1, 0.15) is 42.1 Å². The maximum atomic E-state index is 11.8. The number of urea groups is 1. The number of likely N-dealkylation sites (tertiary alicyclic amines) is 1. The van der Waals surface area contributed by atoms with E-state index in [1.807, 2.05) is 12.1 Å². The minimum Gasteiger partial charge on any atom is -0.465 e. The topological polar surface area (TPSA) is 70.7 Å². The molecule has 1 saturated heterocycles. The summed E-state index contributed by atoms with van der Waals surface area (Å²) in [6, 6.07) is 6.85. The molecule has 0 radical (unpaired) electrons. The SMILES string of the molecule is COC(=O)c1ccc(CNC(=O)NCCCN2CCC(C)CC2)cc1. The van der Waals surface area contributed by atoms with Gasteiger partial charge in [-0.3, -0.25) is 0 Å². The van der Waals surface area contributed by atoms with E-state index < -0.39 is 0 Å². The van der Waals surface area contributed by atoms with Crippen molar-refractivity contribution in [3.8, 4) is 0 Å². The van der Waals surface area contributed by atoms with E-state index in [0.29, 0.717) is 18.7 Å². The molecule has 1 heterocycles. The van der Waals surface area contributed by atoms with Crippen LogP contribution in [0.15, 0.2) is 24.3 Å². The number of hydrogen-bond acceptors (Lipinski definition) is 4. The molecule has 2 amide bonds. The molecule has 1 aliphatic rings. The number of esters is 1. The summed E-state index contributed by atoms with van der Waals surface area (Å²) in [5.74, 6) is 0.488. The van der Waals surface area contributed by atoms with Crippen molar-refractivity contribution >= 4 is 12.0 Å². The van der Waals surface area contributed by atoms with E-state index in [9.17, 15) is 9.59 Å². The first-order valence-electron chi connectivity index (χ1n) is 9.00. The molecule has 0 bridgehead atoms. The molecule has 138 valence electrons. The lowest BCUT2D eigenvalue weighted by molar-refractivity contribution is 0.0600. The molecule has 0 aliphatic carbocycles. The second-order valence-corrected chi connectivity index (χ2v) is 6.68. The number of amides is 2. The van der Waals surface area contributed by atoms with Crippen LogP contribution in [0.2, 0.25) is 0 Å². The van der Waals surface area contributed by atoms with Gasteiger partial charge in [0.05, 0.1) is 12.7 Å². The zero-order chi connectivity index (χ0) is 18.1. The van der Waals surface area contributed by atoms with Gasteiger partial charge in [-0.05, 0) is 62.5 Å². The number of benzene rings is 1. The van der Waals surface area contributed by atoms with Gasteiger partial charge in [0, 0.05) is 13.1 Å². The highest BCUT2D eigenvalue weighted by molar-refractivity contribution is 5.89. The van der Waals surface area contributed by atoms with Gasteiger partial charge in [-0.15, -0.1) is 0 Å². The fourth-order valence-corrected chi connectivity index (χ4v) is 2.91. The average Bonchev–Trinajstić information content (AvgIpc) is 2.64. The van der Waals surface area contributed by atoms with Crippen molar-refractivity contribution in [1.29, 1.82) is 0 Å². The highest BCUT2D eigenvalue weighted by Gasteiger charge is 2.14. The van der Waals surface area contributed by atoms with Crippen molar-refractivity contribution in [2.24, 2.45) is 5.92 Å². The fourth-order valence-electron chi connectivity index (χ4n) is 2.91. The molecule has 0 unspecified atom stereocenters. The third kappa shape index (κ3) is 6.74. The Balaban J connectivity index is 1.58. The summed E-state index contributed by atoms with van der Waals surface area (Å²) in [7, 11) is 1.36. The van der Waals surface area contributed by atoms with Crippen molar-refractivity contribution in [3.05, 3.63) is 35.4 Å². The van der Waals surface area contributed by atoms with E-state index in [4.69, 9.17) is 0 Å². The summed E-state index contributed by atoms with van der Waals surface area (Å²) in [6.07, 6.45) is 3.53. The zero-order valence-corrected chi connectivity index (χ0v) is 15.2. The van der Waals surface area contributed by atoms with Crippen LogP contribution < -0.4 is 10.6 Å². The lowest BCUT2D eigenvalue weighted by atomic mass is 9.99. The van der Waals surface area contributed by atoms with E-state index in [0.717, 1.165) is 24.4 Å². The van der Waals surface area contributed by atoms with Gasteiger partial charge in [0.25, 0.3) is 0 Å². The molecule has 6 nitrogen and oxygen atoms in total. The molecule has 1 aromatic rings. The van der Waals surface area contributed by atoms with E-state index in [1.165, 1.54) is 33.0 Å². The Labute approximate surface area is 149 Å². The van der Waals surface area contributed by atoms with Crippen molar-refractivity contribution in [2.75, 3.05) is 33.3 Å². The van der Waals surface area contributed by atoms with Crippen molar-refractivity contribution in [1.82, 2.24) is 15.5 Å². The largest absolute Gasteiger partial charge is 0.465 e. The molecule has 0 spiro atoms. The van der Waals surface area contributed by atoms with Gasteiger partial charge in [0.1, 0.15) is 0 Å². The first kappa shape index (κ1) is 19.2. The minimum atomic E-state index is -0.361. The number of hydrogen-bond donors (Lipinski definition) is 2. The number of nitrogens with zero attached hydrogens (tertiary/aromatic N) is 1. The summed E-state index contributed by atoms with van der Waals surface area (Å²) in [4.78, 5) is 25.7. The molecule has 1 fully saturated rings. The van der Waals surface area contributed by atoms with Crippen LogP contribution in [-0.4, -0.2) is 50.2 Å². The molecule has 1 aliphatic heterocycles. The number of ether oxygens (including phenoxy) is 1. The van der Waals surface area contributed by atoms with Crippen molar-refractivity contribution < 1.29 is 14.3 Å². The molecule has 1 aromatic carbocycles. The van der Waals surface area contributed by atoms with Crippen LogP contribution in [0, 0.1) is 5.92 Å². The third-order valence-electron chi connectivity index (χ3n) is 4.64. The summed E-state index contributed by atoms with van der Waals surface area (Å²) < 4.78 is 4.66. The van der Waals surface area contributed by atoms with Gasteiger partial charge in [-0.25, -0.2) is 9.59 Å². The maximum absolute atomic E-state index is 11.8. The van der Waals surface area contributed by atoms with Crippen LogP contribution in [0.25, 0.3) is 0 Å². The van der Waals surface area contributed by atoms with Gasteiger partial charge in [0.2, 0.25) is 0 Å². The molecular formula is C19H29N3O3. The van der Waals surface area contributed by atoms with E-state index in [-0.39, 0.29) is 12.0 Å². The highest BCUT2D eigenvalue weighted by atomic mass is 16.5. The smallest absolute Gasteiger partial charge is 0.337 e. The van der Waals surface area contributed by atoms with Gasteiger partial charge in [-0.1, -0.05) is 19.1 Å². The molecule has 0 atom stereocenters. The van der Waals surface area contributed by atoms with Crippen LogP contribution >= 0.6 is 0 Å². The molecular weight excluding hydrogens is 318 g/mol. The minimum absolute atomic E-state index is 0.163. The predicted molar refractivity (Wildman–Crippen MR) is 97.5 cm³/mol. The van der Waals surface area contributed by atoms with Crippen LogP contribution in [0.4, 0.5) is 4.79 Å². The number of carbonyl (C=O) groups excluding carboxylic acids is 2. The van der Waals surface area contributed by atoms with E-state index >= 15 is 0 Å². The standard InChI is InChI=1S/C19H29N3O3/c1-15-8-12-22(13-9-15)11-3-10-20-19(24)21-14-16-4-6-17(7-5-16)18(23)25-2/h4-7,15H,3,8-14H2,1-2H3,(H2,20,21,24). The molecule has 2 N–H and O–H groups in total. The number of rotatable bonds is 7. The monoisotopic (exact) mass is 347 g/mol. The van der Waals surface area contributed by atoms with Gasteiger partial charge >= 0.3 is 12.0 Å². The molecule has 6 heteroatoms. The van der Waals surface area contributed by atoms with E-state index in [2.05, 4.69) is 27.2 Å². The zero-order valence-electron chi connectivity index (χ0n) is 15.2. The van der Waals surface area contributed by atoms with Gasteiger partial charge < -0.3 is 20.3 Å². The predicted octanol–water partition coefficient (Wildman–Crippen LogP) is 2.39. The Morgan fingerprint density at radius 2 is 1.84 bits per heavy atom. The van der Waals surface area contributed by atoms with Gasteiger partial charge in [-0.2, -0.15) is 0 Å². The molecule has 0 aromatic heterocycles. The summed E-state index contributed by atoms with van der Waals surface area (Å²) in [6.45, 7) is 6.81. The number of piperidine rings is 1. The highest BCUT2D eigenvalue weighted by Crippen LogP contribution is 2.15. The molecule has 0 saturated carbocycles. The lowest BCUT2D eigenvalue weighted by Gasteiger charge is -2.30. The Morgan fingerprint density at radius 3 is 2.48 bits per heavy atom. The van der Waals surface area contributed by atoms with E-state index in [1.54, 1.807) is 12.1 Å². The average molecular weight is 347 g/mol. The molecule has 2 rings (SSSR count). The Morgan fingerprint density at radius 1 is 1.16 bits per heavy atom. The quantitative estimate of drug-likeness (QED) is 0.587. The first-order chi connectivity index (χ1) is 12.1. The van der Waals surface area contributed by atoms with Crippen LogP contribution in [0.5, 0.6) is 0 Å². The van der Waals surface area contributed by atoms with Crippen molar-refractivity contribution in [2.45, 2.75) is 32.7 Å². The fraction of sp³-hybridized carbons (Fsp3) is 0.579. The normalized spacial score (nSPS) is 15.6. The van der Waals surface area contributed by atoms with Crippen molar-refractivity contribution in [3.63, 3.8) is 0 Å². The maximum Gasteiger partial charge on any atom is 0.337 e. The Hall–Kier alpha value is -2.08. The third-order valence-corrected chi connectivity index (χ3v) is 4.64. The molecule has 25 heavy (non-hydrogen) atoms. The number of nitrogens with one attached hydrogen (secondary N) is 2. The Kier molecular flexibility index (Phi) is 7.73. The number of carbonyl (C=O) groups is 2. The first-order valence-corrected chi connectivity index (χ1v) is 9.00. The Bertz CT molecular complexity index is 552. The summed E-state index contributed by atoms with van der Waals surface area (Å²) >= 11 is 0. The van der Waals surface area contributed by atoms with Crippen LogP contribution in [-0.2, 0) is 11.3 Å². The second-order valence-electron chi connectivity index (χ2n) is 6.68.